The number of hydrazone groups is 1. The van der Waals surface area contributed by atoms with Gasteiger partial charge < -0.3 is 42.6 Å². The Bertz CT molecular complexity index is 2860. The van der Waals surface area contributed by atoms with E-state index in [9.17, 15) is 24.0 Å². The van der Waals surface area contributed by atoms with Crippen LogP contribution >= 0.6 is 11.3 Å². The van der Waals surface area contributed by atoms with E-state index in [0.29, 0.717) is 98.6 Å². The van der Waals surface area contributed by atoms with Gasteiger partial charge in [-0.05, 0) is 188 Å². The number of ether oxygens (including phenoxy) is 9. The molecule has 2 saturated carbocycles. The Morgan fingerprint density at radius 1 is 0.600 bits per heavy atom. The molecule has 2 atom stereocenters. The molecule has 0 spiro atoms. The smallest absolute Gasteiger partial charge is 0.330 e. The first-order valence-corrected chi connectivity index (χ1v) is 28.6. The van der Waals surface area contributed by atoms with Gasteiger partial charge in [-0.3, -0.25) is 14.4 Å². The van der Waals surface area contributed by atoms with Crippen LogP contribution in [0.1, 0.15) is 108 Å². The highest BCUT2D eigenvalue weighted by Gasteiger charge is 2.48. The number of benzene rings is 4. The fourth-order valence-corrected chi connectivity index (χ4v) is 10.6. The minimum Gasteiger partial charge on any atom is -0.494 e. The molecule has 1 saturated heterocycles. The van der Waals surface area contributed by atoms with Crippen LogP contribution in [0, 0.1) is 23.7 Å². The van der Waals surface area contributed by atoms with E-state index in [0.717, 1.165) is 86.3 Å². The summed E-state index contributed by atoms with van der Waals surface area (Å²) in [5.41, 5.74) is 1.29. The van der Waals surface area contributed by atoms with Crippen LogP contribution in [0.25, 0.3) is 10.2 Å². The lowest BCUT2D eigenvalue weighted by atomic mass is 9.80. The van der Waals surface area contributed by atoms with E-state index in [-0.39, 0.29) is 47.8 Å². The van der Waals surface area contributed by atoms with Crippen molar-refractivity contribution in [2.75, 3.05) is 38.5 Å². The number of thiazole rings is 1. The molecule has 80 heavy (non-hydrogen) atoms. The Kier molecular flexibility index (Phi) is 22.1. The zero-order valence-corrected chi connectivity index (χ0v) is 46.2. The maximum atomic E-state index is 13.8. The SMILES string of the molecule is C=CC(=O)OCCCCCCOc1ccc(OC(=O)C2CCC(C(=O)Oc3ccc(OC(=O)C4CCC(C5OC5Oc5ccc(OCCCCCCOC(=O)C=C)cc5)CC4)cc3/C=N/N(C)c3nc4ccccc4s3)CC2)cc1. The van der Waals surface area contributed by atoms with Crippen molar-refractivity contribution in [2.45, 2.75) is 115 Å². The molecule has 18 heteroatoms. The van der Waals surface area contributed by atoms with Crippen LogP contribution in [0.2, 0.25) is 0 Å². The van der Waals surface area contributed by atoms with Crippen molar-refractivity contribution in [3.8, 4) is 34.5 Å². The molecule has 4 aromatic carbocycles. The number of anilines is 1. The van der Waals surface area contributed by atoms with Gasteiger partial charge in [-0.15, -0.1) is 0 Å². The van der Waals surface area contributed by atoms with Crippen LogP contribution in [0.15, 0.2) is 121 Å². The van der Waals surface area contributed by atoms with Crippen LogP contribution in [-0.2, 0) is 38.2 Å². The van der Waals surface area contributed by atoms with Gasteiger partial charge >= 0.3 is 29.8 Å². The van der Waals surface area contributed by atoms with E-state index in [2.05, 4.69) is 18.3 Å². The Hall–Kier alpha value is -7.57. The largest absolute Gasteiger partial charge is 0.494 e. The molecule has 5 aromatic rings. The topological polar surface area (TPSA) is 200 Å². The number of para-hydroxylation sites is 1. The Morgan fingerprint density at radius 2 is 1.09 bits per heavy atom. The minimum atomic E-state index is -0.440. The highest BCUT2D eigenvalue weighted by molar-refractivity contribution is 7.22. The summed E-state index contributed by atoms with van der Waals surface area (Å²) in [6, 6.07) is 27.2. The summed E-state index contributed by atoms with van der Waals surface area (Å²) < 4.78 is 52.6. The third kappa shape index (κ3) is 18.0. The molecule has 1 aliphatic heterocycles. The predicted molar refractivity (Wildman–Crippen MR) is 302 cm³/mol. The van der Waals surface area contributed by atoms with Crippen molar-refractivity contribution in [1.29, 1.82) is 0 Å². The van der Waals surface area contributed by atoms with Crippen molar-refractivity contribution in [3.63, 3.8) is 0 Å². The number of carbonyl (C=O) groups excluding carboxylic acids is 5. The number of nitrogens with zero attached hydrogens (tertiary/aromatic N) is 3. The number of esters is 5. The molecule has 0 amide bonds. The third-order valence-corrected chi connectivity index (χ3v) is 15.4. The highest BCUT2D eigenvalue weighted by atomic mass is 32.1. The van der Waals surface area contributed by atoms with Crippen molar-refractivity contribution in [2.24, 2.45) is 28.8 Å². The summed E-state index contributed by atoms with van der Waals surface area (Å²) >= 11 is 1.49. The van der Waals surface area contributed by atoms with Crippen molar-refractivity contribution >= 4 is 62.7 Å². The highest BCUT2D eigenvalue weighted by Crippen LogP contribution is 2.42. The van der Waals surface area contributed by atoms with Crippen molar-refractivity contribution in [3.05, 3.63) is 122 Å². The Balaban J connectivity index is 0.778. The first-order valence-electron chi connectivity index (χ1n) is 27.8. The van der Waals surface area contributed by atoms with Crippen LogP contribution in [0.4, 0.5) is 5.13 Å². The van der Waals surface area contributed by atoms with Gasteiger partial charge in [0.1, 0.15) is 40.6 Å². The fraction of sp³-hybridized carbons (Fsp3) is 0.435. The van der Waals surface area contributed by atoms with Crippen LogP contribution in [0.5, 0.6) is 34.5 Å². The molecule has 424 valence electrons. The number of unbranched alkanes of at least 4 members (excludes halogenated alkanes) is 6. The normalized spacial score (nSPS) is 19.5. The standard InChI is InChI=1S/C62H71N3O14S/c1-4-55(66)73-38-14-8-6-12-36-71-47-26-30-49(31-27-47)75-58(68)44-22-24-45(25-23-44)60(70)78-53-35-34-51(40-46(53)41-63-65(3)62-64-52-16-10-11-17-54(52)80-62)76-59(69)43-20-18-42(19-21-43)57-61(79-57)77-50-32-28-48(29-33-50)72-37-13-7-9-15-39-74-56(67)5-2/h4-5,10-11,16-17,26-35,40-45,57,61H,1-2,6-9,12-15,18-25,36-39H2,3H3/b63-41+. The Morgan fingerprint density at radius 3 is 1.65 bits per heavy atom. The lowest BCUT2D eigenvalue weighted by Gasteiger charge is -2.26. The summed E-state index contributed by atoms with van der Waals surface area (Å²) in [6.45, 7) is 8.69. The molecule has 0 radical (unpaired) electrons. The zero-order chi connectivity index (χ0) is 56.1. The zero-order valence-electron chi connectivity index (χ0n) is 45.4. The second-order valence-electron chi connectivity index (χ2n) is 20.2. The summed E-state index contributed by atoms with van der Waals surface area (Å²) in [5, 5.41) is 6.97. The predicted octanol–water partition coefficient (Wildman–Crippen LogP) is 11.9. The lowest BCUT2D eigenvalue weighted by molar-refractivity contribution is -0.145. The van der Waals surface area contributed by atoms with Gasteiger partial charge in [-0.1, -0.05) is 36.6 Å². The second kappa shape index (κ2) is 30.1. The van der Waals surface area contributed by atoms with E-state index in [1.165, 1.54) is 17.4 Å². The number of epoxide rings is 1. The molecule has 17 nitrogen and oxygen atoms in total. The van der Waals surface area contributed by atoms with Gasteiger partial charge in [0, 0.05) is 24.8 Å². The number of fused-ring (bicyclic) bond motifs is 1. The quantitative estimate of drug-likeness (QED) is 0.00799. The molecule has 3 fully saturated rings. The molecule has 2 heterocycles. The van der Waals surface area contributed by atoms with E-state index >= 15 is 0 Å². The molecule has 0 N–H and O–H groups in total. The maximum Gasteiger partial charge on any atom is 0.330 e. The molecular formula is C62H71N3O14S. The molecular weight excluding hydrogens is 1040 g/mol. The fourth-order valence-electron chi connectivity index (χ4n) is 9.67. The third-order valence-electron chi connectivity index (χ3n) is 14.3. The molecule has 2 unspecified atom stereocenters. The molecule has 8 rings (SSSR count). The van der Waals surface area contributed by atoms with E-state index in [1.54, 1.807) is 60.7 Å². The number of rotatable bonds is 30. The van der Waals surface area contributed by atoms with E-state index in [1.807, 2.05) is 48.5 Å². The lowest BCUT2D eigenvalue weighted by Crippen LogP contribution is -2.30. The first kappa shape index (κ1) is 58.6. The number of hydrogen-bond donors (Lipinski definition) is 0. The molecule has 0 bridgehead atoms. The summed E-state index contributed by atoms with van der Waals surface area (Å²) in [6.07, 6.45) is 15.3. The summed E-state index contributed by atoms with van der Waals surface area (Å²) in [5.74, 6) is 0.342. The minimum absolute atomic E-state index is 0.0492. The first-order chi connectivity index (χ1) is 39.0. The number of hydrogen-bond acceptors (Lipinski definition) is 18. The van der Waals surface area contributed by atoms with Crippen molar-refractivity contribution in [1.82, 2.24) is 4.98 Å². The summed E-state index contributed by atoms with van der Waals surface area (Å²) in [7, 11) is 1.78. The van der Waals surface area contributed by atoms with Crippen LogP contribution in [0.3, 0.4) is 0 Å². The van der Waals surface area contributed by atoms with Gasteiger partial charge in [0.15, 0.2) is 0 Å². The monoisotopic (exact) mass is 1110 g/mol. The molecule has 3 aliphatic rings. The molecule has 1 aromatic heterocycles. The van der Waals surface area contributed by atoms with Gasteiger partial charge in [0.05, 0.1) is 60.6 Å². The van der Waals surface area contributed by atoms with Gasteiger partial charge in [-0.2, -0.15) is 5.10 Å². The van der Waals surface area contributed by atoms with Gasteiger partial charge in [0.2, 0.25) is 11.4 Å². The molecule has 2 aliphatic carbocycles. The van der Waals surface area contributed by atoms with E-state index < -0.39 is 23.8 Å². The number of aromatic nitrogens is 1. The number of carbonyl (C=O) groups is 5. The van der Waals surface area contributed by atoms with Gasteiger partial charge in [0.25, 0.3) is 0 Å². The summed E-state index contributed by atoms with van der Waals surface area (Å²) in [4.78, 5) is 67.7. The average Bonchev–Trinajstić information content (AvgIpc) is 4.15. The van der Waals surface area contributed by atoms with E-state index in [4.69, 9.17) is 47.6 Å². The average molecular weight is 1110 g/mol. The van der Waals surface area contributed by atoms with Crippen LogP contribution < -0.4 is 33.4 Å². The van der Waals surface area contributed by atoms with Gasteiger partial charge in [-0.25, -0.2) is 19.6 Å². The second-order valence-corrected chi connectivity index (χ2v) is 21.2. The maximum absolute atomic E-state index is 13.8. The van der Waals surface area contributed by atoms with Crippen molar-refractivity contribution < 1.29 is 66.6 Å². The van der Waals surface area contributed by atoms with Crippen LogP contribution in [-0.4, -0.2) is 86.9 Å². The Labute approximate surface area is 471 Å².